The van der Waals surface area contributed by atoms with Gasteiger partial charge in [-0.25, -0.2) is 8.42 Å². The summed E-state index contributed by atoms with van der Waals surface area (Å²) in [6.45, 7) is 16.2. The quantitative estimate of drug-likeness (QED) is 0.493. The minimum atomic E-state index is -3.63. The van der Waals surface area contributed by atoms with Crippen molar-refractivity contribution < 1.29 is 22.8 Å². The van der Waals surface area contributed by atoms with Gasteiger partial charge in [-0.15, -0.1) is 0 Å². The Bertz CT molecular complexity index is 1120. The Morgan fingerprint density at radius 1 is 0.974 bits per heavy atom. The van der Waals surface area contributed by atoms with Gasteiger partial charge in [0.1, 0.15) is 0 Å². The van der Waals surface area contributed by atoms with Gasteiger partial charge in [0, 0.05) is 56.3 Å². The fourth-order valence-corrected chi connectivity index (χ4v) is 7.10. The van der Waals surface area contributed by atoms with Crippen LogP contribution in [0.15, 0.2) is 29.2 Å². The maximum Gasteiger partial charge on any atom is 0.243 e. The van der Waals surface area contributed by atoms with Crippen molar-refractivity contribution in [2.45, 2.75) is 78.2 Å². The minimum Gasteiger partial charge on any atom is -0.342 e. The van der Waals surface area contributed by atoms with Crippen molar-refractivity contribution in [2.75, 3.05) is 38.0 Å². The lowest BCUT2D eigenvalue weighted by atomic mass is 9.94. The van der Waals surface area contributed by atoms with Crippen LogP contribution in [0.5, 0.6) is 0 Å². The van der Waals surface area contributed by atoms with Gasteiger partial charge < -0.3 is 15.1 Å². The molecule has 218 valence electrons. The summed E-state index contributed by atoms with van der Waals surface area (Å²) in [6, 6.07) is 6.35. The topological polar surface area (TPSA) is 107 Å². The van der Waals surface area contributed by atoms with Crippen LogP contribution in [0.1, 0.15) is 67.7 Å². The first-order valence-electron chi connectivity index (χ1n) is 14.1. The normalized spacial score (nSPS) is 19.4. The van der Waals surface area contributed by atoms with E-state index in [0.29, 0.717) is 51.3 Å². The zero-order valence-electron chi connectivity index (χ0n) is 24.6. The Kier molecular flexibility index (Phi) is 9.86. The van der Waals surface area contributed by atoms with Crippen LogP contribution in [0.4, 0.5) is 5.69 Å². The molecule has 2 aliphatic heterocycles. The van der Waals surface area contributed by atoms with Crippen molar-refractivity contribution in [3.8, 4) is 0 Å². The van der Waals surface area contributed by atoms with Gasteiger partial charge in [-0.1, -0.05) is 27.7 Å². The van der Waals surface area contributed by atoms with Crippen molar-refractivity contribution >= 4 is 33.4 Å². The largest absolute Gasteiger partial charge is 0.342 e. The van der Waals surface area contributed by atoms with Crippen molar-refractivity contribution in [3.63, 3.8) is 0 Å². The Morgan fingerprint density at radius 2 is 1.51 bits per heavy atom. The number of nitrogens with one attached hydrogen (secondary N) is 1. The molecule has 2 heterocycles. The smallest absolute Gasteiger partial charge is 0.243 e. The third-order valence-corrected chi connectivity index (χ3v) is 9.20. The fourth-order valence-electron chi connectivity index (χ4n) is 5.33. The summed E-state index contributed by atoms with van der Waals surface area (Å²) in [5.74, 6) is -0.268. The summed E-state index contributed by atoms with van der Waals surface area (Å²) >= 11 is 0. The van der Waals surface area contributed by atoms with Gasteiger partial charge in [-0.2, -0.15) is 4.31 Å². The molecule has 0 bridgehead atoms. The number of benzene rings is 1. The summed E-state index contributed by atoms with van der Waals surface area (Å²) in [5, 5.41) is 2.91. The third-order valence-electron chi connectivity index (χ3n) is 7.36. The zero-order chi connectivity index (χ0) is 29.1. The number of carbonyl (C=O) groups excluding carboxylic acids is 3. The average molecular weight is 563 g/mol. The molecule has 2 aliphatic rings. The maximum atomic E-state index is 13.2. The maximum absolute atomic E-state index is 13.2. The van der Waals surface area contributed by atoms with Crippen LogP contribution >= 0.6 is 0 Å². The number of rotatable bonds is 9. The van der Waals surface area contributed by atoms with Gasteiger partial charge in [0.25, 0.3) is 0 Å². The van der Waals surface area contributed by atoms with E-state index in [0.717, 1.165) is 0 Å². The number of likely N-dealkylation sites (tertiary alicyclic amines) is 2. The van der Waals surface area contributed by atoms with Gasteiger partial charge in [0.2, 0.25) is 27.7 Å². The number of amides is 3. The summed E-state index contributed by atoms with van der Waals surface area (Å²) in [6.07, 6.45) is 1.34. The fraction of sp³-hybridized carbons (Fsp3) is 0.690. The van der Waals surface area contributed by atoms with Gasteiger partial charge >= 0.3 is 0 Å². The Labute approximate surface area is 234 Å². The van der Waals surface area contributed by atoms with E-state index in [9.17, 15) is 22.8 Å². The second-order valence-electron chi connectivity index (χ2n) is 12.8. The van der Waals surface area contributed by atoms with Crippen molar-refractivity contribution in [1.82, 2.24) is 14.1 Å². The lowest BCUT2D eigenvalue weighted by Gasteiger charge is -2.34. The molecule has 2 saturated heterocycles. The first-order valence-corrected chi connectivity index (χ1v) is 15.5. The highest BCUT2D eigenvalue weighted by Gasteiger charge is 2.41. The predicted octanol–water partition coefficient (Wildman–Crippen LogP) is 3.81. The van der Waals surface area contributed by atoms with E-state index in [4.69, 9.17) is 0 Å². The van der Waals surface area contributed by atoms with Crippen LogP contribution < -0.4 is 5.32 Å². The molecule has 1 atom stereocenters. The standard InChI is InChI=1S/C29H46N4O5S/c1-20(2)17-32(18-21(3)4)39(37,38)25-10-8-24(9-11-25)30-27(35)22-12-14-31(15-13-22)28(36)23-16-26(34)33(19-23)29(5,6)7/h8-11,20-23H,12-19H2,1-7H3,(H,30,35). The molecule has 0 aliphatic carbocycles. The van der Waals surface area contributed by atoms with E-state index in [-0.39, 0.29) is 58.2 Å². The number of hydrogen-bond donors (Lipinski definition) is 1. The number of anilines is 1. The molecule has 39 heavy (non-hydrogen) atoms. The van der Waals surface area contributed by atoms with Crippen LogP contribution in [-0.4, -0.2) is 78.5 Å². The van der Waals surface area contributed by atoms with Crippen LogP contribution in [0.2, 0.25) is 0 Å². The molecule has 3 amide bonds. The van der Waals surface area contributed by atoms with Crippen LogP contribution in [0, 0.1) is 23.7 Å². The number of piperidine rings is 1. The van der Waals surface area contributed by atoms with E-state index in [1.54, 1.807) is 34.1 Å². The molecule has 2 fully saturated rings. The second-order valence-corrected chi connectivity index (χ2v) is 14.7. The van der Waals surface area contributed by atoms with E-state index in [1.807, 2.05) is 48.5 Å². The molecule has 0 saturated carbocycles. The van der Waals surface area contributed by atoms with Crippen molar-refractivity contribution in [2.24, 2.45) is 23.7 Å². The predicted molar refractivity (Wildman–Crippen MR) is 152 cm³/mol. The molecule has 1 aromatic rings. The summed E-state index contributed by atoms with van der Waals surface area (Å²) in [7, 11) is -3.63. The lowest BCUT2D eigenvalue weighted by molar-refractivity contribution is -0.138. The van der Waals surface area contributed by atoms with E-state index < -0.39 is 10.0 Å². The molecule has 0 aromatic heterocycles. The van der Waals surface area contributed by atoms with Crippen LogP contribution in [0.25, 0.3) is 0 Å². The molecule has 1 unspecified atom stereocenters. The molecule has 10 heteroatoms. The monoisotopic (exact) mass is 562 g/mol. The highest BCUT2D eigenvalue weighted by atomic mass is 32.2. The molecule has 1 aromatic carbocycles. The Balaban J connectivity index is 1.55. The first kappa shape index (κ1) is 31.1. The van der Waals surface area contributed by atoms with Crippen molar-refractivity contribution in [1.29, 1.82) is 0 Å². The zero-order valence-corrected chi connectivity index (χ0v) is 25.4. The van der Waals surface area contributed by atoms with Crippen molar-refractivity contribution in [3.05, 3.63) is 24.3 Å². The number of hydrogen-bond acceptors (Lipinski definition) is 5. The van der Waals surface area contributed by atoms with Gasteiger partial charge in [0.05, 0.1) is 10.8 Å². The highest BCUT2D eigenvalue weighted by Crippen LogP contribution is 2.29. The number of nitrogens with zero attached hydrogens (tertiary/aromatic N) is 3. The number of sulfonamides is 1. The first-order chi connectivity index (χ1) is 18.1. The molecule has 0 radical (unpaired) electrons. The minimum absolute atomic E-state index is 0.00488. The third kappa shape index (κ3) is 7.81. The lowest BCUT2D eigenvalue weighted by Crippen LogP contribution is -2.46. The SMILES string of the molecule is CC(C)CN(CC(C)C)S(=O)(=O)c1ccc(NC(=O)C2CCN(C(=O)C3CC(=O)N(C(C)(C)C)C3)CC2)cc1. The summed E-state index contributed by atoms with van der Waals surface area (Å²) in [4.78, 5) is 42.2. The highest BCUT2D eigenvalue weighted by molar-refractivity contribution is 7.89. The molecule has 3 rings (SSSR count). The summed E-state index contributed by atoms with van der Waals surface area (Å²) < 4.78 is 28.0. The van der Waals surface area contributed by atoms with Crippen LogP contribution in [-0.2, 0) is 24.4 Å². The summed E-state index contributed by atoms with van der Waals surface area (Å²) in [5.41, 5.74) is 0.240. The molecular weight excluding hydrogens is 516 g/mol. The van der Waals surface area contributed by atoms with E-state index in [1.165, 1.54) is 4.31 Å². The second kappa shape index (κ2) is 12.4. The Morgan fingerprint density at radius 3 is 1.97 bits per heavy atom. The number of carbonyl (C=O) groups is 3. The molecule has 0 spiro atoms. The van der Waals surface area contributed by atoms with Crippen LogP contribution in [0.3, 0.4) is 0 Å². The molecule has 1 N–H and O–H groups in total. The van der Waals surface area contributed by atoms with E-state index >= 15 is 0 Å². The molecular formula is C29H46N4O5S. The average Bonchev–Trinajstić information content (AvgIpc) is 3.25. The van der Waals surface area contributed by atoms with Gasteiger partial charge in [-0.05, 0) is 69.7 Å². The molecule has 9 nitrogen and oxygen atoms in total. The Hall–Kier alpha value is -2.46. The van der Waals surface area contributed by atoms with E-state index in [2.05, 4.69) is 5.32 Å². The van der Waals surface area contributed by atoms with Gasteiger partial charge in [-0.3, -0.25) is 14.4 Å². The van der Waals surface area contributed by atoms with Gasteiger partial charge in [0.15, 0.2) is 0 Å².